The number of amides is 1. The predicted octanol–water partition coefficient (Wildman–Crippen LogP) is 4.65. The fourth-order valence-electron chi connectivity index (χ4n) is 4.29. The Kier molecular flexibility index (Phi) is 5.05. The van der Waals surface area contributed by atoms with Gasteiger partial charge < -0.3 is 9.32 Å². The molecule has 2 aliphatic rings. The number of benzene rings is 1. The fourth-order valence-corrected chi connectivity index (χ4v) is 4.29. The molecule has 1 amide bonds. The Morgan fingerprint density at radius 2 is 2.00 bits per heavy atom. The van der Waals surface area contributed by atoms with Crippen molar-refractivity contribution >= 4 is 5.91 Å². The Labute approximate surface area is 153 Å². The molecule has 2 aromatic rings. The van der Waals surface area contributed by atoms with E-state index in [1.807, 2.05) is 11.0 Å². The molecule has 4 nitrogen and oxygen atoms in total. The zero-order valence-corrected chi connectivity index (χ0v) is 15.0. The number of halogens is 1. The van der Waals surface area contributed by atoms with Crippen LogP contribution in [0, 0.1) is 11.7 Å². The van der Waals surface area contributed by atoms with Crippen LogP contribution in [0.4, 0.5) is 4.39 Å². The maximum absolute atomic E-state index is 13.8. The molecule has 0 unspecified atom stereocenters. The lowest BCUT2D eigenvalue weighted by molar-refractivity contribution is -0.133. The van der Waals surface area contributed by atoms with Gasteiger partial charge in [-0.1, -0.05) is 31.0 Å². The Hall–Kier alpha value is -2.17. The van der Waals surface area contributed by atoms with Crippen LogP contribution in [0.5, 0.6) is 0 Å². The molecule has 1 aliphatic carbocycles. The minimum absolute atomic E-state index is 0.0710. The fraction of sp³-hybridized carbons (Fsp3) is 0.524. The minimum Gasteiger partial charge on any atom is -0.443 e. The second-order valence-corrected chi connectivity index (χ2v) is 7.53. The van der Waals surface area contributed by atoms with Crippen LogP contribution in [-0.4, -0.2) is 22.3 Å². The Morgan fingerprint density at radius 1 is 1.19 bits per heavy atom. The third kappa shape index (κ3) is 3.67. The lowest BCUT2D eigenvalue weighted by Gasteiger charge is -2.23. The number of carbonyl (C=O) groups excluding carboxylic acids is 1. The van der Waals surface area contributed by atoms with Gasteiger partial charge in [-0.25, -0.2) is 9.37 Å². The van der Waals surface area contributed by atoms with Gasteiger partial charge in [0, 0.05) is 19.4 Å². The molecule has 138 valence electrons. The number of nitrogens with zero attached hydrogens (tertiary/aromatic N) is 2. The van der Waals surface area contributed by atoms with Crippen LogP contribution in [-0.2, 0) is 11.2 Å². The largest absolute Gasteiger partial charge is 0.443 e. The van der Waals surface area contributed by atoms with E-state index in [1.54, 1.807) is 18.3 Å². The van der Waals surface area contributed by atoms with Gasteiger partial charge in [-0.05, 0) is 43.2 Å². The average molecular weight is 356 g/mol. The van der Waals surface area contributed by atoms with E-state index in [9.17, 15) is 9.18 Å². The van der Waals surface area contributed by atoms with E-state index in [0.29, 0.717) is 36.0 Å². The molecule has 2 heterocycles. The summed E-state index contributed by atoms with van der Waals surface area (Å²) in [6.07, 6.45) is 9.41. The first-order valence-electron chi connectivity index (χ1n) is 9.68. The molecule has 1 aliphatic heterocycles. The van der Waals surface area contributed by atoms with Crippen LogP contribution in [0.1, 0.15) is 68.2 Å². The lowest BCUT2D eigenvalue weighted by Crippen LogP contribution is -2.31. The molecule has 1 saturated heterocycles. The number of hydrogen-bond donors (Lipinski definition) is 0. The van der Waals surface area contributed by atoms with Crippen LogP contribution >= 0.6 is 0 Å². The zero-order valence-electron chi connectivity index (χ0n) is 15.0. The highest BCUT2D eigenvalue weighted by Gasteiger charge is 2.34. The maximum atomic E-state index is 13.8. The summed E-state index contributed by atoms with van der Waals surface area (Å²) in [5.41, 5.74) is 0.593. The summed E-state index contributed by atoms with van der Waals surface area (Å²) in [7, 11) is 0. The molecule has 0 N–H and O–H groups in total. The van der Waals surface area contributed by atoms with E-state index >= 15 is 0 Å². The van der Waals surface area contributed by atoms with E-state index in [2.05, 4.69) is 4.98 Å². The molecular formula is C21H25FN2O2. The molecule has 4 rings (SSSR count). The first-order chi connectivity index (χ1) is 12.7. The third-order valence-corrected chi connectivity index (χ3v) is 5.69. The number of oxazole rings is 1. The smallest absolute Gasteiger partial charge is 0.223 e. The van der Waals surface area contributed by atoms with Crippen LogP contribution in [0.15, 0.2) is 34.9 Å². The molecule has 0 spiro atoms. The minimum atomic E-state index is -0.236. The number of likely N-dealkylation sites (tertiary alicyclic amines) is 1. The number of carbonyl (C=O) groups is 1. The first kappa shape index (κ1) is 17.3. The molecule has 1 aromatic heterocycles. The summed E-state index contributed by atoms with van der Waals surface area (Å²) >= 11 is 0. The molecule has 2 fully saturated rings. The van der Waals surface area contributed by atoms with Crippen LogP contribution < -0.4 is 0 Å². The highest BCUT2D eigenvalue weighted by atomic mass is 19.1. The number of rotatable bonds is 5. The summed E-state index contributed by atoms with van der Waals surface area (Å²) in [5.74, 6) is 1.77. The Morgan fingerprint density at radius 3 is 2.81 bits per heavy atom. The van der Waals surface area contributed by atoms with E-state index in [0.717, 1.165) is 19.4 Å². The second kappa shape index (κ2) is 7.60. The van der Waals surface area contributed by atoms with Gasteiger partial charge in [0.1, 0.15) is 17.6 Å². The SMILES string of the molecule is O=C(CC1CCCC1)N1CCC[C@@H]1c1ncc(Cc2ccccc2F)o1. The monoisotopic (exact) mass is 356 g/mol. The van der Waals surface area contributed by atoms with Gasteiger partial charge >= 0.3 is 0 Å². The van der Waals surface area contributed by atoms with Gasteiger partial charge in [-0.15, -0.1) is 0 Å². The molecule has 1 aromatic carbocycles. The van der Waals surface area contributed by atoms with Gasteiger partial charge in [0.2, 0.25) is 11.8 Å². The maximum Gasteiger partial charge on any atom is 0.223 e. The standard InChI is InChI=1S/C21H25FN2O2/c22-18-9-4-3-8-16(18)13-17-14-23-21(26-17)19-10-5-11-24(19)20(25)12-15-6-1-2-7-15/h3-4,8-9,14-15,19H,1-2,5-7,10-13H2/t19-/m1/s1. The quantitative estimate of drug-likeness (QED) is 0.783. The van der Waals surface area contributed by atoms with Crippen molar-refractivity contribution in [2.24, 2.45) is 5.92 Å². The van der Waals surface area contributed by atoms with Crippen molar-refractivity contribution in [3.8, 4) is 0 Å². The summed E-state index contributed by atoms with van der Waals surface area (Å²) in [6, 6.07) is 6.63. The first-order valence-corrected chi connectivity index (χ1v) is 9.68. The Bertz CT molecular complexity index is 767. The second-order valence-electron chi connectivity index (χ2n) is 7.53. The van der Waals surface area contributed by atoms with Crippen molar-refractivity contribution in [1.29, 1.82) is 0 Å². The molecule has 26 heavy (non-hydrogen) atoms. The highest BCUT2D eigenvalue weighted by Crippen LogP contribution is 2.35. The molecule has 0 bridgehead atoms. The molecule has 1 atom stereocenters. The van der Waals surface area contributed by atoms with Crippen molar-refractivity contribution in [2.45, 2.75) is 57.4 Å². The van der Waals surface area contributed by atoms with Crippen molar-refractivity contribution in [3.63, 3.8) is 0 Å². The lowest BCUT2D eigenvalue weighted by atomic mass is 10.0. The van der Waals surface area contributed by atoms with E-state index in [4.69, 9.17) is 4.42 Å². The van der Waals surface area contributed by atoms with Gasteiger partial charge in [0.25, 0.3) is 0 Å². The molecular weight excluding hydrogens is 331 g/mol. The van der Waals surface area contributed by atoms with Crippen molar-refractivity contribution < 1.29 is 13.6 Å². The van der Waals surface area contributed by atoms with Crippen molar-refractivity contribution in [1.82, 2.24) is 9.88 Å². The summed E-state index contributed by atoms with van der Waals surface area (Å²) in [4.78, 5) is 19.1. The topological polar surface area (TPSA) is 46.3 Å². The van der Waals surface area contributed by atoms with Crippen LogP contribution in [0.2, 0.25) is 0 Å². The third-order valence-electron chi connectivity index (χ3n) is 5.69. The van der Waals surface area contributed by atoms with Gasteiger partial charge in [0.05, 0.1) is 6.20 Å². The van der Waals surface area contributed by atoms with Crippen molar-refractivity contribution in [3.05, 3.63) is 53.5 Å². The normalized spacial score (nSPS) is 20.8. The number of hydrogen-bond acceptors (Lipinski definition) is 3. The summed E-state index contributed by atoms with van der Waals surface area (Å²) in [6.45, 7) is 0.779. The van der Waals surface area contributed by atoms with E-state index < -0.39 is 0 Å². The summed E-state index contributed by atoms with van der Waals surface area (Å²) in [5, 5.41) is 0. The molecule has 0 radical (unpaired) electrons. The summed E-state index contributed by atoms with van der Waals surface area (Å²) < 4.78 is 19.7. The number of aromatic nitrogens is 1. The van der Waals surface area contributed by atoms with Crippen LogP contribution in [0.3, 0.4) is 0 Å². The van der Waals surface area contributed by atoms with Gasteiger partial charge in [0.15, 0.2) is 0 Å². The van der Waals surface area contributed by atoms with Crippen molar-refractivity contribution in [2.75, 3.05) is 6.54 Å². The van der Waals surface area contributed by atoms with Gasteiger partial charge in [-0.3, -0.25) is 4.79 Å². The van der Waals surface area contributed by atoms with E-state index in [-0.39, 0.29) is 17.8 Å². The zero-order chi connectivity index (χ0) is 17.9. The van der Waals surface area contributed by atoms with E-state index in [1.165, 1.54) is 31.7 Å². The highest BCUT2D eigenvalue weighted by molar-refractivity contribution is 5.77. The predicted molar refractivity (Wildman–Crippen MR) is 96.0 cm³/mol. The molecule has 1 saturated carbocycles. The Balaban J connectivity index is 1.44. The van der Waals surface area contributed by atoms with Crippen LogP contribution in [0.25, 0.3) is 0 Å². The van der Waals surface area contributed by atoms with Gasteiger partial charge in [-0.2, -0.15) is 0 Å². The average Bonchev–Trinajstić information content (AvgIpc) is 3.37. The molecule has 5 heteroatoms.